The highest BCUT2D eigenvalue weighted by molar-refractivity contribution is 5.77. The molecule has 0 aromatic carbocycles. The molecule has 6 heteroatoms. The molecule has 0 spiro atoms. The van der Waals surface area contributed by atoms with Crippen LogP contribution in [0.15, 0.2) is 0 Å². The molecule has 0 fully saturated rings. The monoisotopic (exact) mass is 226 g/mol. The third-order valence-corrected chi connectivity index (χ3v) is 2.33. The summed E-state index contributed by atoms with van der Waals surface area (Å²) in [6.07, 6.45) is 1.70. The smallest absolute Gasteiger partial charge is 0.363 e. The van der Waals surface area contributed by atoms with Crippen LogP contribution in [0.25, 0.3) is 0 Å². The summed E-state index contributed by atoms with van der Waals surface area (Å²) in [7, 11) is 0. The second kappa shape index (κ2) is 5.05. The zero-order chi connectivity index (χ0) is 12.2. The van der Waals surface area contributed by atoms with E-state index >= 15 is 0 Å². The molecule has 0 atom stereocenters. The average Bonchev–Trinajstić information content (AvgIpc) is 2.65. The van der Waals surface area contributed by atoms with Gasteiger partial charge in [-0.3, -0.25) is 4.79 Å². The van der Waals surface area contributed by atoms with Crippen LogP contribution in [0.4, 0.5) is 0 Å². The van der Waals surface area contributed by atoms with E-state index < -0.39 is 5.41 Å². The quantitative estimate of drug-likeness (QED) is 0.710. The van der Waals surface area contributed by atoms with Gasteiger partial charge in [0.1, 0.15) is 0 Å². The third kappa shape index (κ3) is 3.01. The number of carbonyl (C=O) groups excluding carboxylic acids is 1. The van der Waals surface area contributed by atoms with E-state index in [-0.39, 0.29) is 12.0 Å². The Bertz CT molecular complexity index is 359. The molecule has 0 bridgehead atoms. The number of aromatic nitrogens is 4. The molecule has 0 saturated heterocycles. The third-order valence-electron chi connectivity index (χ3n) is 2.33. The molecule has 1 heterocycles. The molecule has 0 N–H and O–H groups in total. The van der Waals surface area contributed by atoms with E-state index in [0.717, 1.165) is 12.8 Å². The number of hydrogen-bond acceptors (Lipinski definition) is 5. The van der Waals surface area contributed by atoms with Gasteiger partial charge in [-0.15, -0.1) is 0 Å². The van der Waals surface area contributed by atoms with Gasteiger partial charge in [0.2, 0.25) is 0 Å². The summed E-state index contributed by atoms with van der Waals surface area (Å²) in [5.74, 6) is -0.315. The van der Waals surface area contributed by atoms with Crippen LogP contribution >= 0.6 is 0 Å². The first-order valence-corrected chi connectivity index (χ1v) is 5.49. The fourth-order valence-corrected chi connectivity index (χ4v) is 1.35. The first kappa shape index (κ1) is 12.6. The van der Waals surface area contributed by atoms with E-state index in [0.29, 0.717) is 6.54 Å². The normalized spacial score (nSPS) is 11.5. The SMILES string of the molecule is CCCC(C)(C)C(=O)Oc1nnn(CC)n1. The first-order chi connectivity index (χ1) is 7.49. The highest BCUT2D eigenvalue weighted by Crippen LogP contribution is 2.24. The summed E-state index contributed by atoms with van der Waals surface area (Å²) in [5, 5.41) is 11.2. The van der Waals surface area contributed by atoms with E-state index in [1.807, 2.05) is 27.7 Å². The summed E-state index contributed by atoms with van der Waals surface area (Å²) >= 11 is 0. The lowest BCUT2D eigenvalue weighted by Gasteiger charge is -2.19. The number of tetrazole rings is 1. The molecule has 1 rings (SSSR count). The maximum atomic E-state index is 11.8. The number of rotatable bonds is 5. The lowest BCUT2D eigenvalue weighted by atomic mass is 9.88. The Hall–Kier alpha value is -1.46. The molecule has 1 aromatic heterocycles. The van der Waals surface area contributed by atoms with Crippen LogP contribution < -0.4 is 4.74 Å². The molecule has 16 heavy (non-hydrogen) atoms. The van der Waals surface area contributed by atoms with E-state index in [4.69, 9.17) is 4.74 Å². The Kier molecular flexibility index (Phi) is 3.98. The second-order valence-corrected chi connectivity index (χ2v) is 4.28. The van der Waals surface area contributed by atoms with Crippen molar-refractivity contribution >= 4 is 5.97 Å². The maximum absolute atomic E-state index is 11.8. The molecule has 0 saturated carbocycles. The standard InChI is InChI=1S/C10H18N4O2/c1-5-7-10(3,4)8(15)16-9-11-13-14(6-2)12-9/h5-7H2,1-4H3. The highest BCUT2D eigenvalue weighted by atomic mass is 16.6. The van der Waals surface area contributed by atoms with Gasteiger partial charge in [0.25, 0.3) is 0 Å². The van der Waals surface area contributed by atoms with Crippen molar-refractivity contribution in [1.82, 2.24) is 20.2 Å². The van der Waals surface area contributed by atoms with Crippen LogP contribution in [0, 0.1) is 5.41 Å². The molecule has 0 radical (unpaired) electrons. The van der Waals surface area contributed by atoms with E-state index in [1.54, 1.807) is 0 Å². The summed E-state index contributed by atoms with van der Waals surface area (Å²) in [6, 6.07) is 0.0241. The van der Waals surface area contributed by atoms with Crippen molar-refractivity contribution in [2.45, 2.75) is 47.1 Å². The lowest BCUT2D eigenvalue weighted by molar-refractivity contribution is -0.145. The van der Waals surface area contributed by atoms with E-state index in [2.05, 4.69) is 15.4 Å². The number of nitrogens with zero attached hydrogens (tertiary/aromatic N) is 4. The van der Waals surface area contributed by atoms with Crippen molar-refractivity contribution in [2.24, 2.45) is 5.41 Å². The van der Waals surface area contributed by atoms with Gasteiger partial charge >= 0.3 is 12.0 Å². The van der Waals surface area contributed by atoms with Crippen LogP contribution in [-0.4, -0.2) is 26.2 Å². The fourth-order valence-electron chi connectivity index (χ4n) is 1.35. The molecular weight excluding hydrogens is 208 g/mol. The van der Waals surface area contributed by atoms with Crippen molar-refractivity contribution < 1.29 is 9.53 Å². The Morgan fingerprint density at radius 1 is 1.44 bits per heavy atom. The van der Waals surface area contributed by atoms with E-state index in [1.165, 1.54) is 4.80 Å². The minimum Gasteiger partial charge on any atom is -0.388 e. The number of ether oxygens (including phenoxy) is 1. The largest absolute Gasteiger partial charge is 0.388 e. The molecule has 0 unspecified atom stereocenters. The maximum Gasteiger partial charge on any atom is 0.363 e. The highest BCUT2D eigenvalue weighted by Gasteiger charge is 2.29. The molecule has 0 aliphatic rings. The van der Waals surface area contributed by atoms with Crippen molar-refractivity contribution in [1.29, 1.82) is 0 Å². The van der Waals surface area contributed by atoms with Crippen molar-refractivity contribution in [3.8, 4) is 6.01 Å². The van der Waals surface area contributed by atoms with Crippen molar-refractivity contribution in [3.05, 3.63) is 0 Å². The summed E-state index contributed by atoms with van der Waals surface area (Å²) in [6.45, 7) is 8.21. The molecule has 0 aliphatic carbocycles. The number of aryl methyl sites for hydroxylation is 1. The Morgan fingerprint density at radius 2 is 2.12 bits per heavy atom. The topological polar surface area (TPSA) is 69.9 Å². The van der Waals surface area contributed by atoms with Crippen LogP contribution in [0.1, 0.15) is 40.5 Å². The number of hydrogen-bond donors (Lipinski definition) is 0. The molecule has 0 aliphatic heterocycles. The number of carbonyl (C=O) groups is 1. The molecule has 0 amide bonds. The van der Waals surface area contributed by atoms with Crippen molar-refractivity contribution in [2.75, 3.05) is 0 Å². The van der Waals surface area contributed by atoms with Gasteiger partial charge in [0, 0.05) is 0 Å². The molecular formula is C10H18N4O2. The lowest BCUT2D eigenvalue weighted by Crippen LogP contribution is -2.29. The predicted octanol–water partition coefficient (Wildman–Crippen LogP) is 1.42. The average molecular weight is 226 g/mol. The second-order valence-electron chi connectivity index (χ2n) is 4.28. The first-order valence-electron chi connectivity index (χ1n) is 5.49. The van der Waals surface area contributed by atoms with Crippen LogP contribution in [0.2, 0.25) is 0 Å². The Morgan fingerprint density at radius 3 is 2.62 bits per heavy atom. The van der Waals surface area contributed by atoms with Gasteiger partial charge in [-0.05, 0) is 32.4 Å². The zero-order valence-electron chi connectivity index (χ0n) is 10.2. The number of esters is 1. The van der Waals surface area contributed by atoms with Gasteiger partial charge in [-0.1, -0.05) is 23.5 Å². The summed E-state index contributed by atoms with van der Waals surface area (Å²) < 4.78 is 5.07. The molecule has 1 aromatic rings. The van der Waals surface area contributed by atoms with Crippen molar-refractivity contribution in [3.63, 3.8) is 0 Å². The Labute approximate surface area is 95.0 Å². The van der Waals surface area contributed by atoms with Gasteiger partial charge in [0.05, 0.1) is 12.0 Å². The summed E-state index contributed by atoms with van der Waals surface area (Å²) in [5.41, 5.74) is -0.508. The van der Waals surface area contributed by atoms with Gasteiger partial charge < -0.3 is 4.74 Å². The molecule has 90 valence electrons. The van der Waals surface area contributed by atoms with Crippen LogP contribution in [-0.2, 0) is 11.3 Å². The minimum atomic E-state index is -0.508. The fraction of sp³-hybridized carbons (Fsp3) is 0.800. The summed E-state index contributed by atoms with van der Waals surface area (Å²) in [4.78, 5) is 13.2. The van der Waals surface area contributed by atoms with Gasteiger partial charge in [0.15, 0.2) is 0 Å². The van der Waals surface area contributed by atoms with E-state index in [9.17, 15) is 4.79 Å². The van der Waals surface area contributed by atoms with Gasteiger partial charge in [-0.25, -0.2) is 0 Å². The predicted molar refractivity (Wildman–Crippen MR) is 57.8 cm³/mol. The van der Waals surface area contributed by atoms with Crippen LogP contribution in [0.3, 0.4) is 0 Å². The Balaban J connectivity index is 2.63. The molecule has 6 nitrogen and oxygen atoms in total. The van der Waals surface area contributed by atoms with Gasteiger partial charge in [-0.2, -0.15) is 4.80 Å². The zero-order valence-corrected chi connectivity index (χ0v) is 10.2. The van der Waals surface area contributed by atoms with Crippen LogP contribution in [0.5, 0.6) is 6.01 Å². The minimum absolute atomic E-state index is 0.0241.